The third kappa shape index (κ3) is 5.51. The molecule has 0 amide bonds. The maximum atomic E-state index is 11.8. The Bertz CT molecular complexity index is 1920. The van der Waals surface area contributed by atoms with Crippen LogP contribution in [0.1, 0.15) is 0 Å². The van der Waals surface area contributed by atoms with Crippen molar-refractivity contribution >= 4 is 85.2 Å². The normalized spacial score (nSPS) is 11.9. The molecule has 2 aromatic heterocycles. The van der Waals surface area contributed by atoms with Crippen molar-refractivity contribution in [2.24, 2.45) is 0 Å². The summed E-state index contributed by atoms with van der Waals surface area (Å²) < 4.78 is 81.8. The second-order valence-corrected chi connectivity index (χ2v) is 11.9. The van der Waals surface area contributed by atoms with Crippen molar-refractivity contribution < 1.29 is 93.4 Å². The summed E-state index contributed by atoms with van der Waals surface area (Å²) in [4.78, 5) is 0.314. The van der Waals surface area contributed by atoms with Crippen LogP contribution in [0.25, 0.3) is 51.5 Å². The first-order chi connectivity index (χ1) is 17.1. The molecule has 0 aliphatic rings. The summed E-state index contributed by atoms with van der Waals surface area (Å²) in [5.41, 5.74) is 0. The Kier molecular flexibility index (Phi) is 8.57. The van der Waals surface area contributed by atoms with E-state index < -0.39 is 20.8 Å². The summed E-state index contributed by atoms with van der Waals surface area (Å²) in [7, 11) is -10.4. The van der Waals surface area contributed by atoms with E-state index in [2.05, 4.69) is 0 Å². The van der Waals surface area contributed by atoms with Crippen molar-refractivity contribution in [1.29, 1.82) is 0 Å². The first-order valence-electron chi connectivity index (χ1n) is 10.3. The molecule has 0 saturated carbocycles. The fraction of sp³-hybridized carbons (Fsp3) is 0. The second kappa shape index (κ2) is 11.0. The van der Waals surface area contributed by atoms with Crippen LogP contribution in [0.5, 0.6) is 11.5 Å². The molecule has 0 fully saturated rings. The predicted molar refractivity (Wildman–Crippen MR) is 138 cm³/mol. The van der Waals surface area contributed by atoms with Crippen molar-refractivity contribution in [3.63, 3.8) is 0 Å². The Morgan fingerprint density at radius 1 is 0.553 bits per heavy atom. The van der Waals surface area contributed by atoms with Crippen LogP contribution in [0.15, 0.2) is 72.8 Å². The van der Waals surface area contributed by atoms with Crippen molar-refractivity contribution in [3.8, 4) is 21.3 Å². The molecule has 0 spiro atoms. The molecule has 0 radical (unpaired) electrons. The summed E-state index contributed by atoms with van der Waals surface area (Å²) in [6.07, 6.45) is 0. The zero-order valence-electron chi connectivity index (χ0n) is 19.8. The van der Waals surface area contributed by atoms with Crippen LogP contribution in [0.3, 0.4) is 0 Å². The van der Waals surface area contributed by atoms with Gasteiger partial charge < -0.3 is 17.5 Å². The molecular weight excluding hydrogens is 591 g/mol. The molecular formula is C24H12Na2O8S4. The van der Waals surface area contributed by atoms with Gasteiger partial charge in [0, 0.05) is 20.2 Å². The second-order valence-electron chi connectivity index (χ2n) is 7.82. The molecule has 0 N–H and O–H groups in total. The predicted octanol–water partition coefficient (Wildman–Crippen LogP) is -0.225. The van der Waals surface area contributed by atoms with Crippen molar-refractivity contribution in [2.45, 2.75) is 0 Å². The van der Waals surface area contributed by atoms with Crippen molar-refractivity contribution in [3.05, 3.63) is 72.8 Å². The van der Waals surface area contributed by atoms with Gasteiger partial charge in [0.15, 0.2) is 11.5 Å². The number of rotatable bonds is 5. The van der Waals surface area contributed by atoms with E-state index in [1.165, 1.54) is 0 Å². The van der Waals surface area contributed by atoms with Gasteiger partial charge in [-0.25, -0.2) is 16.8 Å². The molecule has 6 aromatic rings. The van der Waals surface area contributed by atoms with E-state index in [1.807, 2.05) is 36.4 Å². The Morgan fingerprint density at radius 2 is 0.921 bits per heavy atom. The molecule has 0 aliphatic heterocycles. The van der Waals surface area contributed by atoms with E-state index in [4.69, 9.17) is 8.37 Å². The van der Waals surface area contributed by atoms with Gasteiger partial charge in [-0.15, -0.1) is 22.7 Å². The summed E-state index contributed by atoms with van der Waals surface area (Å²) in [5.74, 6) is -0.489. The van der Waals surface area contributed by atoms with Crippen LogP contribution in [-0.2, 0) is 20.8 Å². The van der Waals surface area contributed by atoms with Gasteiger partial charge in [-0.2, -0.15) is 0 Å². The van der Waals surface area contributed by atoms with Gasteiger partial charge in [-0.05, 0) is 33.7 Å². The minimum absolute atomic E-state index is 0. The summed E-state index contributed by atoms with van der Waals surface area (Å²) >= 11 is 2.20. The summed E-state index contributed by atoms with van der Waals surface area (Å²) in [6.45, 7) is 0. The number of benzene rings is 4. The topological polar surface area (TPSA) is 133 Å². The van der Waals surface area contributed by atoms with E-state index in [0.29, 0.717) is 30.9 Å². The SMILES string of the molecule is O=S(=O)([O-])Oc1c(-c2sc3ccc4ccccc4c3c2OS(=O)(=O)[O-])sc2ccc3ccccc3c12.[Na+].[Na+]. The zero-order valence-corrected chi connectivity index (χ0v) is 27.1. The van der Waals surface area contributed by atoms with Crippen LogP contribution >= 0.6 is 22.7 Å². The van der Waals surface area contributed by atoms with Gasteiger partial charge in [-0.1, -0.05) is 60.7 Å². The van der Waals surface area contributed by atoms with Gasteiger partial charge in [0.05, 0.1) is 9.75 Å². The largest absolute Gasteiger partial charge is 1.00 e. The number of hydrogen-bond acceptors (Lipinski definition) is 10. The maximum absolute atomic E-state index is 11.8. The van der Waals surface area contributed by atoms with Crippen LogP contribution in [0.2, 0.25) is 0 Å². The van der Waals surface area contributed by atoms with Crippen LogP contribution < -0.4 is 67.5 Å². The van der Waals surface area contributed by atoms with Gasteiger partial charge in [-0.3, -0.25) is 0 Å². The van der Waals surface area contributed by atoms with E-state index in [1.54, 1.807) is 36.4 Å². The molecule has 0 atom stereocenters. The quantitative estimate of drug-likeness (QED) is 0.150. The maximum Gasteiger partial charge on any atom is 1.00 e. The Morgan fingerprint density at radius 3 is 1.29 bits per heavy atom. The summed E-state index contributed by atoms with van der Waals surface area (Å²) in [6, 6.07) is 21.5. The fourth-order valence-corrected chi connectivity index (χ4v) is 7.61. The van der Waals surface area contributed by atoms with Gasteiger partial charge >= 0.3 is 59.1 Å². The minimum atomic E-state index is -5.21. The molecule has 14 heteroatoms. The fourth-order valence-electron chi connectivity index (χ4n) is 4.34. The Hall–Kier alpha value is -1.26. The van der Waals surface area contributed by atoms with Gasteiger partial charge in [0.25, 0.3) is 20.8 Å². The first-order valence-corrected chi connectivity index (χ1v) is 14.6. The Balaban J connectivity index is 0.00000168. The standard InChI is InChI=1S/C24H14O8S4.2Na/c25-35(26,27)31-21-19-15-7-3-1-5-13(15)9-11-17(19)33-23(21)24-22(32-36(28,29)30)20-16-8-4-2-6-14(16)10-12-18(20)34-24;;/h1-12H,(H,25,26,27)(H,28,29,30);;/q;2*+1/p-2. The smallest absolute Gasteiger partial charge is 0.716 e. The number of hydrogen-bond donors (Lipinski definition) is 0. The molecule has 4 aromatic carbocycles. The number of thiophene rings is 2. The Labute approximate surface area is 269 Å². The van der Waals surface area contributed by atoms with Crippen LogP contribution in [0, 0.1) is 0 Å². The molecule has 2 heterocycles. The van der Waals surface area contributed by atoms with Gasteiger partial charge in [0.2, 0.25) is 0 Å². The average molecular weight is 603 g/mol. The average Bonchev–Trinajstić information content (AvgIpc) is 3.35. The monoisotopic (exact) mass is 602 g/mol. The number of fused-ring (bicyclic) bond motifs is 6. The van der Waals surface area contributed by atoms with Gasteiger partial charge in [0.1, 0.15) is 0 Å². The van der Waals surface area contributed by atoms with E-state index in [9.17, 15) is 25.9 Å². The first kappa shape index (κ1) is 29.7. The van der Waals surface area contributed by atoms with Crippen molar-refractivity contribution in [1.82, 2.24) is 0 Å². The molecule has 182 valence electrons. The minimum Gasteiger partial charge on any atom is -0.716 e. The molecule has 0 unspecified atom stereocenters. The zero-order chi connectivity index (χ0) is 25.2. The summed E-state index contributed by atoms with van der Waals surface area (Å²) in [5, 5.41) is 3.60. The molecule has 8 nitrogen and oxygen atoms in total. The van der Waals surface area contributed by atoms with E-state index in [-0.39, 0.29) is 80.4 Å². The molecule has 0 bridgehead atoms. The molecule has 0 saturated heterocycles. The van der Waals surface area contributed by atoms with Crippen LogP contribution in [-0.4, -0.2) is 25.9 Å². The van der Waals surface area contributed by atoms with E-state index >= 15 is 0 Å². The molecule has 38 heavy (non-hydrogen) atoms. The van der Waals surface area contributed by atoms with Crippen LogP contribution in [0.4, 0.5) is 0 Å². The van der Waals surface area contributed by atoms with Crippen molar-refractivity contribution in [2.75, 3.05) is 0 Å². The third-order valence-corrected chi connectivity index (χ3v) is 8.83. The third-order valence-electron chi connectivity index (χ3n) is 5.65. The molecule has 6 rings (SSSR count). The van der Waals surface area contributed by atoms with E-state index in [0.717, 1.165) is 33.4 Å². The molecule has 0 aliphatic carbocycles.